The van der Waals surface area contributed by atoms with E-state index in [2.05, 4.69) is 17.4 Å². The number of ether oxygens (including phenoxy) is 1. The average Bonchev–Trinajstić information content (AvgIpc) is 2.78. The van der Waals surface area contributed by atoms with E-state index in [9.17, 15) is 13.2 Å². The number of aryl methyl sites for hydroxylation is 2. The second-order valence-electron chi connectivity index (χ2n) is 8.03. The minimum atomic E-state index is -3.68. The summed E-state index contributed by atoms with van der Waals surface area (Å²) in [7, 11) is -3.68. The van der Waals surface area contributed by atoms with Crippen LogP contribution in [0.5, 0.6) is 11.5 Å². The van der Waals surface area contributed by atoms with Crippen LogP contribution in [0.25, 0.3) is 0 Å². The Morgan fingerprint density at radius 2 is 1.64 bits per heavy atom. The molecule has 174 valence electrons. The van der Waals surface area contributed by atoms with Gasteiger partial charge in [-0.3, -0.25) is 9.10 Å². The molecule has 0 aromatic heterocycles. The Morgan fingerprint density at radius 3 is 2.27 bits per heavy atom. The van der Waals surface area contributed by atoms with Gasteiger partial charge < -0.3 is 10.1 Å². The normalized spacial score (nSPS) is 12.1. The van der Waals surface area contributed by atoms with E-state index in [0.717, 1.165) is 23.4 Å². The molecule has 0 heterocycles. The smallest absolute Gasteiger partial charge is 0.243 e. The highest BCUT2D eigenvalue weighted by molar-refractivity contribution is 7.92. The van der Waals surface area contributed by atoms with Crippen LogP contribution in [0.15, 0.2) is 78.9 Å². The highest BCUT2D eigenvalue weighted by Crippen LogP contribution is 2.26. The standard InChI is InChI=1S/C26H30N2O4S/c1-20-9-7-10-22(19-20)11-8-18-27-26(29)21(2)28(33(3,30)31)23-14-16-25(17-15-23)32-24-12-5-4-6-13-24/h4-7,9-10,12-17,19,21H,8,11,18H2,1-3H3,(H,27,29). The first kappa shape index (κ1) is 24.3. The number of nitrogens with one attached hydrogen (secondary N) is 1. The Balaban J connectivity index is 1.62. The van der Waals surface area contributed by atoms with Crippen LogP contribution in [-0.4, -0.2) is 33.2 Å². The Bertz CT molecular complexity index is 1160. The van der Waals surface area contributed by atoms with Gasteiger partial charge in [0.2, 0.25) is 15.9 Å². The van der Waals surface area contributed by atoms with Crippen LogP contribution in [0.3, 0.4) is 0 Å². The second kappa shape index (κ2) is 11.0. The molecular formula is C26H30N2O4S. The van der Waals surface area contributed by atoms with Crippen molar-refractivity contribution in [3.05, 3.63) is 90.0 Å². The van der Waals surface area contributed by atoms with E-state index in [4.69, 9.17) is 4.74 Å². The zero-order valence-corrected chi connectivity index (χ0v) is 20.0. The van der Waals surface area contributed by atoms with E-state index in [1.54, 1.807) is 31.2 Å². The van der Waals surface area contributed by atoms with Gasteiger partial charge in [-0.15, -0.1) is 0 Å². The third-order valence-corrected chi connectivity index (χ3v) is 6.42. The predicted octanol–water partition coefficient (Wildman–Crippen LogP) is 4.69. The van der Waals surface area contributed by atoms with Gasteiger partial charge in [0.1, 0.15) is 17.5 Å². The first-order valence-electron chi connectivity index (χ1n) is 10.9. The lowest BCUT2D eigenvalue weighted by Crippen LogP contribution is -2.48. The number of amides is 1. The van der Waals surface area contributed by atoms with Crippen molar-refractivity contribution in [2.45, 2.75) is 32.7 Å². The molecular weight excluding hydrogens is 436 g/mol. The molecule has 3 rings (SSSR count). The fourth-order valence-corrected chi connectivity index (χ4v) is 4.79. The van der Waals surface area contributed by atoms with Gasteiger partial charge in [-0.05, 0) is 68.7 Å². The number of rotatable bonds is 10. The summed E-state index contributed by atoms with van der Waals surface area (Å²) in [5, 5.41) is 2.86. The summed E-state index contributed by atoms with van der Waals surface area (Å²) in [5.74, 6) is 0.921. The van der Waals surface area contributed by atoms with Crippen LogP contribution in [0.2, 0.25) is 0 Å². The van der Waals surface area contributed by atoms with Crippen molar-refractivity contribution < 1.29 is 17.9 Å². The van der Waals surface area contributed by atoms with E-state index < -0.39 is 16.1 Å². The lowest BCUT2D eigenvalue weighted by atomic mass is 10.1. The van der Waals surface area contributed by atoms with E-state index in [-0.39, 0.29) is 5.91 Å². The molecule has 7 heteroatoms. The van der Waals surface area contributed by atoms with E-state index in [1.165, 1.54) is 11.1 Å². The van der Waals surface area contributed by atoms with Crippen molar-refractivity contribution in [3.8, 4) is 11.5 Å². The van der Waals surface area contributed by atoms with Crippen LogP contribution in [-0.2, 0) is 21.2 Å². The molecule has 1 N–H and O–H groups in total. The Morgan fingerprint density at radius 1 is 0.970 bits per heavy atom. The molecule has 0 saturated carbocycles. The second-order valence-corrected chi connectivity index (χ2v) is 9.89. The number of hydrogen-bond acceptors (Lipinski definition) is 4. The SMILES string of the molecule is Cc1cccc(CCCNC(=O)C(C)N(c2ccc(Oc3ccccc3)cc2)S(C)(=O)=O)c1. The number of sulfonamides is 1. The minimum Gasteiger partial charge on any atom is -0.457 e. The van der Waals surface area contributed by atoms with Gasteiger partial charge in [-0.25, -0.2) is 8.42 Å². The fraction of sp³-hybridized carbons (Fsp3) is 0.269. The summed E-state index contributed by atoms with van der Waals surface area (Å²) in [5.41, 5.74) is 2.82. The average molecular weight is 467 g/mol. The van der Waals surface area contributed by atoms with E-state index >= 15 is 0 Å². The topological polar surface area (TPSA) is 75.7 Å². The van der Waals surface area contributed by atoms with Crippen LogP contribution in [0.4, 0.5) is 5.69 Å². The van der Waals surface area contributed by atoms with E-state index in [0.29, 0.717) is 23.7 Å². The molecule has 0 bridgehead atoms. The largest absolute Gasteiger partial charge is 0.457 e. The number of carbonyl (C=O) groups is 1. The number of benzene rings is 3. The van der Waals surface area contributed by atoms with Gasteiger partial charge in [0.05, 0.1) is 11.9 Å². The van der Waals surface area contributed by atoms with E-state index in [1.807, 2.05) is 49.4 Å². The van der Waals surface area contributed by atoms with Gasteiger partial charge >= 0.3 is 0 Å². The summed E-state index contributed by atoms with van der Waals surface area (Å²) < 4.78 is 31.9. The summed E-state index contributed by atoms with van der Waals surface area (Å²) in [4.78, 5) is 12.7. The molecule has 1 unspecified atom stereocenters. The maximum Gasteiger partial charge on any atom is 0.243 e. The molecule has 0 radical (unpaired) electrons. The summed E-state index contributed by atoms with van der Waals surface area (Å²) in [6.45, 7) is 4.11. The van der Waals surface area contributed by atoms with Crippen molar-refractivity contribution in [1.82, 2.24) is 5.32 Å². The van der Waals surface area contributed by atoms with Gasteiger partial charge in [0.25, 0.3) is 0 Å². The molecule has 0 fully saturated rings. The third kappa shape index (κ3) is 7.08. The maximum atomic E-state index is 12.7. The van der Waals surface area contributed by atoms with Gasteiger partial charge in [0.15, 0.2) is 0 Å². The first-order valence-corrected chi connectivity index (χ1v) is 12.7. The van der Waals surface area contributed by atoms with Crippen molar-refractivity contribution in [3.63, 3.8) is 0 Å². The summed E-state index contributed by atoms with van der Waals surface area (Å²) >= 11 is 0. The monoisotopic (exact) mass is 466 g/mol. The van der Waals surface area contributed by atoms with Crippen molar-refractivity contribution in [2.24, 2.45) is 0 Å². The molecule has 6 nitrogen and oxygen atoms in total. The fourth-order valence-electron chi connectivity index (χ4n) is 3.61. The van der Waals surface area contributed by atoms with Gasteiger partial charge in [-0.1, -0.05) is 48.0 Å². The van der Waals surface area contributed by atoms with Crippen molar-refractivity contribution >= 4 is 21.6 Å². The quantitative estimate of drug-likeness (QED) is 0.440. The van der Waals surface area contributed by atoms with Gasteiger partial charge in [0, 0.05) is 6.54 Å². The predicted molar refractivity (Wildman–Crippen MR) is 132 cm³/mol. The zero-order valence-electron chi connectivity index (χ0n) is 19.2. The number of anilines is 1. The third-order valence-electron chi connectivity index (χ3n) is 5.18. The Hall–Kier alpha value is -3.32. The lowest BCUT2D eigenvalue weighted by Gasteiger charge is -2.28. The molecule has 33 heavy (non-hydrogen) atoms. The number of hydrogen-bond donors (Lipinski definition) is 1. The Kier molecular flexibility index (Phi) is 8.11. The van der Waals surface area contributed by atoms with Crippen molar-refractivity contribution in [1.29, 1.82) is 0 Å². The maximum absolute atomic E-state index is 12.7. The molecule has 0 aliphatic heterocycles. The van der Waals surface area contributed by atoms with Crippen LogP contribution < -0.4 is 14.4 Å². The number of carbonyl (C=O) groups excluding carboxylic acids is 1. The molecule has 3 aromatic carbocycles. The Labute approximate surface area is 196 Å². The number of para-hydroxylation sites is 1. The minimum absolute atomic E-state index is 0.339. The van der Waals surface area contributed by atoms with Crippen LogP contribution in [0, 0.1) is 6.92 Å². The number of nitrogens with zero attached hydrogens (tertiary/aromatic N) is 1. The van der Waals surface area contributed by atoms with Gasteiger partial charge in [-0.2, -0.15) is 0 Å². The zero-order chi connectivity index (χ0) is 23.8. The molecule has 0 aliphatic carbocycles. The molecule has 0 saturated heterocycles. The lowest BCUT2D eigenvalue weighted by molar-refractivity contribution is -0.121. The molecule has 1 atom stereocenters. The molecule has 0 aliphatic rings. The highest BCUT2D eigenvalue weighted by Gasteiger charge is 2.28. The van der Waals surface area contributed by atoms with Crippen molar-refractivity contribution in [2.75, 3.05) is 17.1 Å². The first-order chi connectivity index (χ1) is 15.7. The molecule has 0 spiro atoms. The molecule has 1 amide bonds. The van der Waals surface area contributed by atoms with Crippen LogP contribution >= 0.6 is 0 Å². The highest BCUT2D eigenvalue weighted by atomic mass is 32.2. The van der Waals surface area contributed by atoms with Crippen LogP contribution in [0.1, 0.15) is 24.5 Å². The summed E-state index contributed by atoms with van der Waals surface area (Å²) in [6, 6.07) is 23.3. The summed E-state index contributed by atoms with van der Waals surface area (Å²) in [6.07, 6.45) is 2.71. The molecule has 3 aromatic rings.